The summed E-state index contributed by atoms with van der Waals surface area (Å²) in [6.45, 7) is 14.7. The van der Waals surface area contributed by atoms with Crippen molar-refractivity contribution in [2.45, 2.75) is 66.1 Å². The van der Waals surface area contributed by atoms with E-state index in [0.717, 1.165) is 30.3 Å². The number of benzene rings is 1. The second kappa shape index (κ2) is 17.3. The fraction of sp³-hybridized carbons (Fsp3) is 0.600. The zero-order chi connectivity index (χ0) is 25.8. The number of hydrogen-bond acceptors (Lipinski definition) is 6. The smallest absolute Gasteiger partial charge is 0.666 e. The first-order chi connectivity index (χ1) is 15.9. The van der Waals surface area contributed by atoms with Gasteiger partial charge in [-0.1, -0.05) is 19.9 Å². The maximum atomic E-state index is 11.5. The molecule has 1 aromatic heterocycles. The zero-order valence-electron chi connectivity index (χ0n) is 22.7. The predicted octanol–water partition coefficient (Wildman–Crippen LogP) is 0.0946. The molecule has 0 spiro atoms. The number of hydrogen-bond donors (Lipinski definition) is 1. The molecule has 2 N–H and O–H groups in total. The van der Waals surface area contributed by atoms with E-state index in [4.69, 9.17) is 5.73 Å². The number of nitrogens with one attached hydrogen (secondary N) is 2. The van der Waals surface area contributed by atoms with E-state index in [-0.39, 0.29) is 69.9 Å². The normalized spacial score (nSPS) is 11.1. The Morgan fingerprint density at radius 3 is 2.31 bits per heavy atom. The molecule has 0 atom stereocenters. The molecule has 2 aromatic rings. The minimum absolute atomic E-state index is 0. The molecule has 0 saturated heterocycles. The minimum atomic E-state index is -0.628. The molecule has 0 saturated carbocycles. The van der Waals surface area contributed by atoms with Crippen molar-refractivity contribution in [3.63, 3.8) is 0 Å². The van der Waals surface area contributed by atoms with Crippen molar-refractivity contribution >= 4 is 29.0 Å². The summed E-state index contributed by atoms with van der Waals surface area (Å²) in [7, 11) is 1.92. The Morgan fingerprint density at radius 1 is 1.14 bits per heavy atom. The SMILES string of the molecule is CC(C)NC(=O)CN(C)CCN(CC=O)C(C)C.CC(C)c1ccc2nn(CC([NH-])=O)cc2c1.[K+]. The van der Waals surface area contributed by atoms with Crippen LogP contribution in [0.3, 0.4) is 0 Å². The third kappa shape index (κ3) is 13.7. The molecule has 0 aliphatic carbocycles. The molecule has 1 aromatic carbocycles. The van der Waals surface area contributed by atoms with Crippen molar-refractivity contribution in [3.8, 4) is 0 Å². The summed E-state index contributed by atoms with van der Waals surface area (Å²) >= 11 is 0. The number of nitrogens with zero attached hydrogens (tertiary/aromatic N) is 4. The van der Waals surface area contributed by atoms with Crippen molar-refractivity contribution in [2.24, 2.45) is 0 Å². The number of carbonyl (C=O) groups is 3. The Balaban J connectivity index is 0.000000644. The zero-order valence-corrected chi connectivity index (χ0v) is 25.8. The molecular weight excluding hydrogens is 471 g/mol. The van der Waals surface area contributed by atoms with Crippen molar-refractivity contribution in [1.82, 2.24) is 24.9 Å². The van der Waals surface area contributed by atoms with Crippen molar-refractivity contribution < 1.29 is 65.8 Å². The maximum Gasteiger partial charge on any atom is 1.00 e. The number of carbonyl (C=O) groups excluding carboxylic acids is 3. The summed E-state index contributed by atoms with van der Waals surface area (Å²) in [5, 5.41) is 8.11. The van der Waals surface area contributed by atoms with Gasteiger partial charge in [-0.05, 0) is 58.4 Å². The molecule has 0 fully saturated rings. The van der Waals surface area contributed by atoms with Crippen LogP contribution in [0.5, 0.6) is 0 Å². The van der Waals surface area contributed by atoms with Gasteiger partial charge in [0.05, 0.1) is 31.1 Å². The standard InChI is InChI=1S/C13H27N3O2.C12H15N3O.K/c1-11(2)14-13(18)10-15(5)6-7-16(8-9-17)12(3)4;1-8(2)9-3-4-11-10(5-9)6-15(14-11)7-12(13)16;/h9,11-12H,6-8,10H2,1-5H3,(H,14,18);3-6,8H,7H2,1-2H3,(H2,13,16);/q;;+1/p-1. The third-order valence-corrected chi connectivity index (χ3v) is 5.22. The van der Waals surface area contributed by atoms with Crippen LogP contribution in [0.1, 0.15) is 53.0 Å². The van der Waals surface area contributed by atoms with Gasteiger partial charge in [0.2, 0.25) is 5.91 Å². The second-order valence-electron chi connectivity index (χ2n) is 9.44. The molecule has 2 rings (SSSR count). The van der Waals surface area contributed by atoms with E-state index < -0.39 is 5.91 Å². The molecular formula is C25H41KN6O3. The molecule has 0 radical (unpaired) electrons. The van der Waals surface area contributed by atoms with Crippen molar-refractivity contribution in [1.29, 1.82) is 0 Å². The number of amides is 2. The third-order valence-electron chi connectivity index (χ3n) is 5.22. The average Bonchev–Trinajstić information content (AvgIpc) is 3.11. The summed E-state index contributed by atoms with van der Waals surface area (Å²) in [5.41, 5.74) is 9.02. The summed E-state index contributed by atoms with van der Waals surface area (Å²) in [6.07, 6.45) is 2.74. The largest absolute Gasteiger partial charge is 1.00 e. The molecule has 2 amide bonds. The van der Waals surface area contributed by atoms with Crippen LogP contribution in [0, 0.1) is 0 Å². The van der Waals surface area contributed by atoms with Gasteiger partial charge in [-0.3, -0.25) is 19.3 Å². The van der Waals surface area contributed by atoms with Crippen LogP contribution in [-0.4, -0.2) is 83.0 Å². The van der Waals surface area contributed by atoms with E-state index >= 15 is 0 Å². The summed E-state index contributed by atoms with van der Waals surface area (Å²) in [4.78, 5) is 36.8. The van der Waals surface area contributed by atoms with Crippen LogP contribution < -0.4 is 56.7 Å². The molecule has 0 unspecified atom stereocenters. The number of fused-ring (bicyclic) bond motifs is 1. The van der Waals surface area contributed by atoms with E-state index in [2.05, 4.69) is 49.1 Å². The van der Waals surface area contributed by atoms with Crippen LogP contribution >= 0.6 is 0 Å². The Bertz CT molecular complexity index is 929. The fourth-order valence-corrected chi connectivity index (χ4v) is 3.33. The Labute approximate surface area is 252 Å². The van der Waals surface area contributed by atoms with E-state index in [1.54, 1.807) is 0 Å². The summed E-state index contributed by atoms with van der Waals surface area (Å²) in [6, 6.07) is 6.60. The monoisotopic (exact) mass is 512 g/mol. The summed E-state index contributed by atoms with van der Waals surface area (Å²) in [5.74, 6) is -0.110. The Morgan fingerprint density at radius 2 is 1.80 bits per heavy atom. The number of aromatic nitrogens is 2. The Hall–Kier alpha value is -1.14. The van der Waals surface area contributed by atoms with Gasteiger partial charge in [-0.25, -0.2) is 0 Å². The first-order valence-electron chi connectivity index (χ1n) is 11.8. The molecule has 190 valence electrons. The van der Waals surface area contributed by atoms with Gasteiger partial charge >= 0.3 is 51.4 Å². The van der Waals surface area contributed by atoms with Gasteiger partial charge in [0.1, 0.15) is 6.29 Å². The van der Waals surface area contributed by atoms with Gasteiger partial charge in [0.25, 0.3) is 0 Å². The van der Waals surface area contributed by atoms with Crippen molar-refractivity contribution in [2.75, 3.05) is 33.2 Å². The molecule has 9 nitrogen and oxygen atoms in total. The van der Waals surface area contributed by atoms with Gasteiger partial charge in [-0.15, -0.1) is 0 Å². The maximum absolute atomic E-state index is 11.5. The van der Waals surface area contributed by atoms with E-state index in [0.29, 0.717) is 25.0 Å². The summed E-state index contributed by atoms with van der Waals surface area (Å²) < 4.78 is 1.52. The average molecular weight is 513 g/mol. The topological polar surface area (TPSA) is 111 Å². The Kier molecular flexibility index (Phi) is 16.8. The number of likely N-dealkylation sites (N-methyl/N-ethyl adjacent to an activating group) is 1. The van der Waals surface area contributed by atoms with Gasteiger partial charge in [-0.2, -0.15) is 5.10 Å². The first kappa shape index (κ1) is 33.9. The van der Waals surface area contributed by atoms with Crippen LogP contribution in [-0.2, 0) is 20.9 Å². The van der Waals surface area contributed by atoms with Crippen molar-refractivity contribution in [3.05, 3.63) is 35.7 Å². The van der Waals surface area contributed by atoms with Crippen LogP contribution in [0.15, 0.2) is 24.4 Å². The number of rotatable bonds is 12. The van der Waals surface area contributed by atoms with E-state index in [9.17, 15) is 14.4 Å². The minimum Gasteiger partial charge on any atom is -0.666 e. The quantitative estimate of drug-likeness (QED) is 0.319. The molecule has 0 aliphatic heterocycles. The van der Waals surface area contributed by atoms with Gasteiger partial charge in [0.15, 0.2) is 0 Å². The molecule has 1 heterocycles. The molecule has 10 heteroatoms. The second-order valence-corrected chi connectivity index (χ2v) is 9.44. The molecule has 0 bridgehead atoms. The van der Waals surface area contributed by atoms with E-state index in [1.807, 2.05) is 44.1 Å². The van der Waals surface area contributed by atoms with Crippen LogP contribution in [0.25, 0.3) is 16.6 Å². The first-order valence-corrected chi connectivity index (χ1v) is 11.8. The van der Waals surface area contributed by atoms with Crippen LogP contribution in [0.4, 0.5) is 0 Å². The predicted molar refractivity (Wildman–Crippen MR) is 137 cm³/mol. The van der Waals surface area contributed by atoms with Gasteiger partial charge in [0, 0.05) is 36.8 Å². The fourth-order valence-electron chi connectivity index (χ4n) is 3.33. The molecule has 35 heavy (non-hydrogen) atoms. The number of aldehydes is 1. The van der Waals surface area contributed by atoms with Crippen LogP contribution in [0.2, 0.25) is 0 Å². The molecule has 0 aliphatic rings. The van der Waals surface area contributed by atoms with E-state index in [1.165, 1.54) is 10.2 Å². The van der Waals surface area contributed by atoms with Gasteiger partial charge < -0.3 is 20.6 Å².